The van der Waals surface area contributed by atoms with Gasteiger partial charge >= 0.3 is 5.97 Å². The highest BCUT2D eigenvalue weighted by Crippen LogP contribution is 2.29. The number of H-pyrrole nitrogens is 1. The number of Topliss-reactive ketones (excluding diaryl/α,β-unsaturated/α-hetero) is 1. The second-order valence-electron chi connectivity index (χ2n) is 8.73. The number of benzene rings is 3. The summed E-state index contributed by atoms with van der Waals surface area (Å²) in [6.45, 7) is -0.210. The molecule has 3 N–H and O–H groups in total. The van der Waals surface area contributed by atoms with Crippen LogP contribution in [-0.4, -0.2) is 64.1 Å². The Morgan fingerprint density at radius 1 is 1.03 bits per heavy atom. The van der Waals surface area contributed by atoms with E-state index >= 15 is 0 Å². The number of rotatable bonds is 9. The lowest BCUT2D eigenvalue weighted by Crippen LogP contribution is -2.25. The van der Waals surface area contributed by atoms with Crippen LogP contribution in [0.4, 0.5) is 4.39 Å². The van der Waals surface area contributed by atoms with E-state index in [2.05, 4.69) is 9.97 Å². The topological polar surface area (TPSA) is 116 Å². The molecule has 3 aromatic carbocycles. The van der Waals surface area contributed by atoms with Crippen molar-refractivity contribution in [2.75, 3.05) is 27.2 Å². The van der Waals surface area contributed by atoms with E-state index in [4.69, 9.17) is 4.74 Å². The van der Waals surface area contributed by atoms with Gasteiger partial charge < -0.3 is 19.9 Å². The van der Waals surface area contributed by atoms with Gasteiger partial charge in [0.15, 0.2) is 0 Å². The smallest absolute Gasteiger partial charge is 0.320 e. The fourth-order valence-electron chi connectivity index (χ4n) is 3.78. The second-order valence-corrected chi connectivity index (χ2v) is 8.73. The fraction of sp³-hybridized carbons (Fsp3) is 0.179. The standard InChI is InChI=1S/C28H26FN3O5/c1-32(2)15-24(34)37-16-23(33)17-7-5-8-18(13-17)26(35)25(27(36)19-9-6-10-20(29)14-19)28-30-21-11-3-4-12-22(21)31-28/h3-14,23,33,35H,15-16H2,1-2H3,(H,30,31). The van der Waals surface area contributed by atoms with Crippen LogP contribution in [-0.2, 0) is 9.53 Å². The molecule has 9 heteroatoms. The molecule has 8 nitrogen and oxygen atoms in total. The minimum Gasteiger partial charge on any atom is -0.506 e. The zero-order chi connectivity index (χ0) is 26.5. The SMILES string of the molecule is CN(C)CC(=O)OCC(O)c1cccc(C(O)=C(C(=O)c2cccc(F)c2)c2nc3ccccc3[nH]2)c1. The highest BCUT2D eigenvalue weighted by molar-refractivity contribution is 6.33. The number of allylic oxidation sites excluding steroid dienone is 1. The molecule has 190 valence electrons. The molecule has 0 aliphatic rings. The van der Waals surface area contributed by atoms with Crippen molar-refractivity contribution in [1.29, 1.82) is 0 Å². The van der Waals surface area contributed by atoms with Crippen molar-refractivity contribution < 1.29 is 28.9 Å². The van der Waals surface area contributed by atoms with Gasteiger partial charge in [-0.2, -0.15) is 0 Å². The Bertz CT molecular complexity index is 1440. The van der Waals surface area contributed by atoms with Crippen LogP contribution >= 0.6 is 0 Å². The molecule has 0 saturated heterocycles. The van der Waals surface area contributed by atoms with E-state index in [9.17, 15) is 24.2 Å². The Labute approximate surface area is 212 Å². The van der Waals surface area contributed by atoms with E-state index in [1.54, 1.807) is 61.5 Å². The van der Waals surface area contributed by atoms with Gasteiger partial charge in [0.1, 0.15) is 35.7 Å². The normalized spacial score (nSPS) is 12.9. The summed E-state index contributed by atoms with van der Waals surface area (Å²) in [5, 5.41) is 21.9. The Hall–Kier alpha value is -4.34. The van der Waals surface area contributed by atoms with Crippen LogP contribution < -0.4 is 0 Å². The van der Waals surface area contributed by atoms with Crippen LogP contribution in [0.2, 0.25) is 0 Å². The first-order valence-electron chi connectivity index (χ1n) is 11.5. The number of hydrogen-bond acceptors (Lipinski definition) is 7. The monoisotopic (exact) mass is 503 g/mol. The molecule has 0 spiro atoms. The lowest BCUT2D eigenvalue weighted by molar-refractivity contribution is -0.147. The van der Waals surface area contributed by atoms with Crippen LogP contribution in [0.1, 0.15) is 33.4 Å². The van der Waals surface area contributed by atoms with Gasteiger partial charge in [0.25, 0.3) is 0 Å². The third kappa shape index (κ3) is 6.08. The quantitative estimate of drug-likeness (QED) is 0.136. The van der Waals surface area contributed by atoms with Gasteiger partial charge in [0, 0.05) is 11.1 Å². The summed E-state index contributed by atoms with van der Waals surface area (Å²) in [6.07, 6.45) is -1.16. The predicted octanol–water partition coefficient (Wildman–Crippen LogP) is 4.15. The number of aliphatic hydroxyl groups is 2. The summed E-state index contributed by atoms with van der Waals surface area (Å²) < 4.78 is 19.0. The van der Waals surface area contributed by atoms with E-state index < -0.39 is 29.4 Å². The number of carbonyl (C=O) groups excluding carboxylic acids is 2. The van der Waals surface area contributed by atoms with E-state index in [0.717, 1.165) is 6.07 Å². The first-order chi connectivity index (χ1) is 17.7. The van der Waals surface area contributed by atoms with Gasteiger partial charge in [-0.15, -0.1) is 0 Å². The number of ketones is 1. The molecule has 1 heterocycles. The van der Waals surface area contributed by atoms with Crippen molar-refractivity contribution >= 4 is 34.1 Å². The number of para-hydroxylation sites is 2. The van der Waals surface area contributed by atoms with E-state index in [-0.39, 0.29) is 35.7 Å². The molecule has 0 bridgehead atoms. The number of aromatic nitrogens is 2. The highest BCUT2D eigenvalue weighted by atomic mass is 19.1. The molecule has 37 heavy (non-hydrogen) atoms. The van der Waals surface area contributed by atoms with Gasteiger partial charge in [-0.3, -0.25) is 14.5 Å². The van der Waals surface area contributed by atoms with Crippen LogP contribution in [0.15, 0.2) is 72.8 Å². The van der Waals surface area contributed by atoms with Crippen molar-refractivity contribution in [1.82, 2.24) is 14.9 Å². The lowest BCUT2D eigenvalue weighted by atomic mass is 9.97. The van der Waals surface area contributed by atoms with Crippen LogP contribution in [0, 0.1) is 5.82 Å². The third-order valence-electron chi connectivity index (χ3n) is 5.57. The maximum absolute atomic E-state index is 13.9. The van der Waals surface area contributed by atoms with Gasteiger partial charge in [-0.25, -0.2) is 9.37 Å². The number of carbonyl (C=O) groups is 2. The molecular weight excluding hydrogens is 477 g/mol. The Morgan fingerprint density at radius 3 is 2.49 bits per heavy atom. The van der Waals surface area contributed by atoms with E-state index in [1.807, 2.05) is 0 Å². The minimum atomic E-state index is -1.16. The van der Waals surface area contributed by atoms with Gasteiger partial charge in [0.2, 0.25) is 5.78 Å². The number of hydrogen-bond donors (Lipinski definition) is 3. The molecule has 1 unspecified atom stereocenters. The van der Waals surface area contributed by atoms with Crippen LogP contribution in [0.25, 0.3) is 22.4 Å². The van der Waals surface area contributed by atoms with Crippen molar-refractivity contribution in [3.8, 4) is 0 Å². The molecular formula is C28H26FN3O5. The molecule has 0 radical (unpaired) electrons. The van der Waals surface area contributed by atoms with Gasteiger partial charge in [0.05, 0.1) is 17.6 Å². The summed E-state index contributed by atoms with van der Waals surface area (Å²) in [5.41, 5.74) is 1.69. The Balaban J connectivity index is 1.73. The van der Waals surface area contributed by atoms with Gasteiger partial charge in [-0.1, -0.05) is 42.5 Å². The number of nitrogens with one attached hydrogen (secondary N) is 1. The van der Waals surface area contributed by atoms with E-state index in [1.165, 1.54) is 24.3 Å². The summed E-state index contributed by atoms with van der Waals surface area (Å²) in [7, 11) is 3.45. The largest absolute Gasteiger partial charge is 0.506 e. The Morgan fingerprint density at radius 2 is 1.76 bits per heavy atom. The number of halogens is 1. The maximum Gasteiger partial charge on any atom is 0.320 e. The number of ether oxygens (including phenoxy) is 1. The number of likely N-dealkylation sites (N-methyl/N-ethyl adjacent to an activating group) is 1. The summed E-state index contributed by atoms with van der Waals surface area (Å²) in [4.78, 5) is 34.5. The molecule has 0 fully saturated rings. The highest BCUT2D eigenvalue weighted by Gasteiger charge is 2.24. The summed E-state index contributed by atoms with van der Waals surface area (Å²) >= 11 is 0. The molecule has 0 saturated carbocycles. The van der Waals surface area contributed by atoms with Crippen LogP contribution in [0.3, 0.4) is 0 Å². The number of aliphatic hydroxyl groups excluding tert-OH is 2. The zero-order valence-corrected chi connectivity index (χ0v) is 20.3. The number of imidazole rings is 1. The average Bonchev–Trinajstić information content (AvgIpc) is 3.30. The predicted molar refractivity (Wildman–Crippen MR) is 137 cm³/mol. The average molecular weight is 504 g/mol. The first-order valence-corrected chi connectivity index (χ1v) is 11.5. The van der Waals surface area contributed by atoms with Crippen molar-refractivity contribution in [2.24, 2.45) is 0 Å². The second kappa shape index (κ2) is 11.2. The third-order valence-corrected chi connectivity index (χ3v) is 5.57. The first kappa shape index (κ1) is 25.7. The molecule has 4 rings (SSSR count). The Kier molecular flexibility index (Phi) is 7.76. The minimum absolute atomic E-state index is 0.0333. The van der Waals surface area contributed by atoms with Crippen molar-refractivity contribution in [3.63, 3.8) is 0 Å². The fourth-order valence-corrected chi connectivity index (χ4v) is 3.78. The summed E-state index contributed by atoms with van der Waals surface area (Å²) in [6, 6.07) is 18.5. The zero-order valence-electron chi connectivity index (χ0n) is 20.3. The molecule has 1 aromatic heterocycles. The molecule has 1 atom stereocenters. The number of esters is 1. The molecule has 4 aromatic rings. The van der Waals surface area contributed by atoms with Gasteiger partial charge in [-0.05, 0) is 50.0 Å². The van der Waals surface area contributed by atoms with E-state index in [0.29, 0.717) is 16.6 Å². The molecule has 0 aliphatic heterocycles. The summed E-state index contributed by atoms with van der Waals surface area (Å²) in [5.74, 6) is -2.03. The number of aromatic amines is 1. The van der Waals surface area contributed by atoms with Crippen molar-refractivity contribution in [3.05, 3.63) is 101 Å². The maximum atomic E-state index is 13.9. The number of nitrogens with zero attached hydrogens (tertiary/aromatic N) is 2. The molecule has 0 amide bonds. The number of fused-ring (bicyclic) bond motifs is 1. The molecule has 0 aliphatic carbocycles. The van der Waals surface area contributed by atoms with Crippen molar-refractivity contribution in [2.45, 2.75) is 6.10 Å². The lowest BCUT2D eigenvalue weighted by Gasteiger charge is -2.15. The van der Waals surface area contributed by atoms with Crippen LogP contribution in [0.5, 0.6) is 0 Å².